The Balaban J connectivity index is 1.53. The van der Waals surface area contributed by atoms with Gasteiger partial charge in [0, 0.05) is 55.0 Å². The number of anilines is 1. The number of hydrogen-bond donors (Lipinski definition) is 0. The van der Waals surface area contributed by atoms with E-state index in [1.807, 2.05) is 53.4 Å². The van der Waals surface area contributed by atoms with Crippen molar-refractivity contribution in [3.8, 4) is 17.2 Å². The molecular weight excluding hydrogens is 422 g/mol. The molecule has 0 aliphatic carbocycles. The average molecular weight is 447 g/mol. The molecule has 170 valence electrons. The first-order valence-corrected chi connectivity index (χ1v) is 10.6. The van der Waals surface area contributed by atoms with E-state index < -0.39 is 0 Å². The van der Waals surface area contributed by atoms with Gasteiger partial charge >= 0.3 is 0 Å². The lowest BCUT2D eigenvalue weighted by Crippen LogP contribution is -2.49. The van der Waals surface area contributed by atoms with Crippen molar-refractivity contribution in [2.75, 3.05) is 45.3 Å². The van der Waals surface area contributed by atoms with Gasteiger partial charge in [0.05, 0.1) is 32.1 Å². The van der Waals surface area contributed by atoms with Crippen LogP contribution < -0.4 is 14.4 Å². The van der Waals surface area contributed by atoms with Crippen LogP contribution in [-0.4, -0.2) is 61.0 Å². The van der Waals surface area contributed by atoms with Crippen LogP contribution in [0.4, 0.5) is 5.69 Å². The van der Waals surface area contributed by atoms with Crippen LogP contribution in [0.15, 0.2) is 59.7 Å². The summed E-state index contributed by atoms with van der Waals surface area (Å²) in [6.45, 7) is 2.55. The molecular formula is C23H25N7O3. The molecule has 10 nitrogen and oxygen atoms in total. The second-order valence-electron chi connectivity index (χ2n) is 7.51. The van der Waals surface area contributed by atoms with Gasteiger partial charge in [-0.05, 0) is 23.7 Å². The molecule has 2 heterocycles. The van der Waals surface area contributed by atoms with Gasteiger partial charge in [0.1, 0.15) is 17.2 Å². The summed E-state index contributed by atoms with van der Waals surface area (Å²) in [5.74, 6) is 1.34. The Labute approximate surface area is 191 Å². The zero-order chi connectivity index (χ0) is 23.2. The number of rotatable bonds is 7. The minimum atomic E-state index is -0.110. The SMILES string of the molecule is COc1cc(OC)cc(N2CCN(C(=O)c3cc(CN=[N+]=[N-])nn3-c3ccccc3)CC2)c1. The number of piperazine rings is 1. The second kappa shape index (κ2) is 9.97. The molecule has 0 radical (unpaired) electrons. The van der Waals surface area contributed by atoms with Crippen LogP contribution in [0.5, 0.6) is 11.5 Å². The minimum absolute atomic E-state index is 0.0854. The molecule has 0 spiro atoms. The monoisotopic (exact) mass is 447 g/mol. The number of azide groups is 1. The van der Waals surface area contributed by atoms with Crippen LogP contribution in [0, 0.1) is 0 Å². The quantitative estimate of drug-likeness (QED) is 0.312. The van der Waals surface area contributed by atoms with E-state index in [2.05, 4.69) is 20.0 Å². The first-order valence-electron chi connectivity index (χ1n) is 10.6. The lowest BCUT2D eigenvalue weighted by Gasteiger charge is -2.36. The van der Waals surface area contributed by atoms with Crippen molar-refractivity contribution in [2.45, 2.75) is 6.54 Å². The summed E-state index contributed by atoms with van der Waals surface area (Å²) in [5, 5.41) is 8.09. The van der Waals surface area contributed by atoms with Crippen LogP contribution >= 0.6 is 0 Å². The van der Waals surface area contributed by atoms with Crippen molar-refractivity contribution in [3.05, 3.63) is 76.4 Å². The first kappa shape index (κ1) is 22.0. The highest BCUT2D eigenvalue weighted by Crippen LogP contribution is 2.29. The van der Waals surface area contributed by atoms with Crippen molar-refractivity contribution in [1.82, 2.24) is 14.7 Å². The van der Waals surface area contributed by atoms with Crippen molar-refractivity contribution >= 4 is 11.6 Å². The normalized spacial score (nSPS) is 13.4. The lowest BCUT2D eigenvalue weighted by atomic mass is 10.2. The van der Waals surface area contributed by atoms with E-state index in [1.54, 1.807) is 25.0 Å². The van der Waals surface area contributed by atoms with Crippen molar-refractivity contribution < 1.29 is 14.3 Å². The topological polar surface area (TPSA) is 109 Å². The average Bonchev–Trinajstić information content (AvgIpc) is 3.31. The third kappa shape index (κ3) is 4.86. The minimum Gasteiger partial charge on any atom is -0.497 e. The first-order chi connectivity index (χ1) is 16.1. The van der Waals surface area contributed by atoms with Crippen molar-refractivity contribution in [1.29, 1.82) is 0 Å². The molecule has 4 rings (SSSR count). The van der Waals surface area contributed by atoms with E-state index in [4.69, 9.17) is 15.0 Å². The van der Waals surface area contributed by atoms with Crippen molar-refractivity contribution in [2.24, 2.45) is 5.11 Å². The molecule has 3 aromatic rings. The van der Waals surface area contributed by atoms with Gasteiger partial charge in [0.2, 0.25) is 0 Å². The number of amides is 1. The molecule has 1 fully saturated rings. The van der Waals surface area contributed by atoms with Gasteiger partial charge in [-0.25, -0.2) is 4.68 Å². The molecule has 1 aliphatic heterocycles. The molecule has 0 N–H and O–H groups in total. The van der Waals surface area contributed by atoms with E-state index in [0.29, 0.717) is 37.6 Å². The molecule has 0 bridgehead atoms. The van der Waals surface area contributed by atoms with Crippen LogP contribution in [0.25, 0.3) is 16.1 Å². The van der Waals surface area contributed by atoms with Gasteiger partial charge in [-0.1, -0.05) is 23.3 Å². The van der Waals surface area contributed by atoms with Gasteiger partial charge < -0.3 is 19.3 Å². The van der Waals surface area contributed by atoms with Gasteiger partial charge in [-0.15, -0.1) is 0 Å². The summed E-state index contributed by atoms with van der Waals surface area (Å²) in [6, 6.07) is 16.9. The number of hydrogen-bond acceptors (Lipinski definition) is 6. The molecule has 1 amide bonds. The van der Waals surface area contributed by atoms with Crippen LogP contribution in [0.3, 0.4) is 0 Å². The van der Waals surface area contributed by atoms with E-state index in [1.165, 1.54) is 0 Å². The van der Waals surface area contributed by atoms with E-state index in [9.17, 15) is 4.79 Å². The molecule has 10 heteroatoms. The highest BCUT2D eigenvalue weighted by Gasteiger charge is 2.26. The molecule has 2 aromatic carbocycles. The molecule has 0 saturated carbocycles. The second-order valence-corrected chi connectivity index (χ2v) is 7.51. The maximum absolute atomic E-state index is 13.4. The van der Waals surface area contributed by atoms with Gasteiger partial charge in [-0.3, -0.25) is 4.79 Å². The third-order valence-corrected chi connectivity index (χ3v) is 5.54. The Kier molecular flexibility index (Phi) is 6.66. The molecule has 1 aromatic heterocycles. The lowest BCUT2D eigenvalue weighted by molar-refractivity contribution is 0.0737. The predicted octanol–water partition coefficient (Wildman–Crippen LogP) is 3.66. The number of ether oxygens (including phenoxy) is 2. The summed E-state index contributed by atoms with van der Waals surface area (Å²) >= 11 is 0. The number of nitrogens with zero attached hydrogens (tertiary/aromatic N) is 7. The summed E-state index contributed by atoms with van der Waals surface area (Å²) in [6.07, 6.45) is 0. The Morgan fingerprint density at radius 3 is 2.27 bits per heavy atom. The molecule has 33 heavy (non-hydrogen) atoms. The number of aromatic nitrogens is 2. The fourth-order valence-corrected chi connectivity index (χ4v) is 3.83. The largest absolute Gasteiger partial charge is 0.497 e. The Morgan fingerprint density at radius 1 is 1.00 bits per heavy atom. The molecule has 0 atom stereocenters. The van der Waals surface area contributed by atoms with E-state index in [-0.39, 0.29) is 12.5 Å². The van der Waals surface area contributed by atoms with Gasteiger partial charge in [0.25, 0.3) is 5.91 Å². The zero-order valence-electron chi connectivity index (χ0n) is 18.6. The van der Waals surface area contributed by atoms with Crippen LogP contribution in [0.2, 0.25) is 0 Å². The molecule has 1 aliphatic rings. The number of methoxy groups -OCH3 is 2. The number of benzene rings is 2. The van der Waals surface area contributed by atoms with Gasteiger partial charge in [0.15, 0.2) is 0 Å². The summed E-state index contributed by atoms with van der Waals surface area (Å²) in [4.78, 5) is 20.3. The Bertz CT molecular complexity index is 1140. The summed E-state index contributed by atoms with van der Waals surface area (Å²) in [7, 11) is 3.25. The predicted molar refractivity (Wildman–Crippen MR) is 124 cm³/mol. The maximum Gasteiger partial charge on any atom is 0.272 e. The number of carbonyl (C=O) groups is 1. The maximum atomic E-state index is 13.4. The number of para-hydroxylation sites is 1. The highest BCUT2D eigenvalue weighted by atomic mass is 16.5. The Morgan fingerprint density at radius 2 is 1.67 bits per heavy atom. The highest BCUT2D eigenvalue weighted by molar-refractivity contribution is 5.93. The Hall–Kier alpha value is -4.17. The van der Waals surface area contributed by atoms with Gasteiger partial charge in [-0.2, -0.15) is 5.10 Å². The van der Waals surface area contributed by atoms with E-state index >= 15 is 0 Å². The summed E-state index contributed by atoms with van der Waals surface area (Å²) in [5.41, 5.74) is 11.4. The standard InChI is InChI=1S/C23H25N7O3/c1-32-20-13-19(14-21(15-20)33-2)28-8-10-29(11-9-28)23(31)22-12-17(16-25-27-24)26-30(22)18-6-4-3-5-7-18/h3-7,12-15H,8-11,16H2,1-2H3. The van der Waals surface area contributed by atoms with E-state index in [0.717, 1.165) is 22.9 Å². The van der Waals surface area contributed by atoms with Crippen molar-refractivity contribution in [3.63, 3.8) is 0 Å². The smallest absolute Gasteiger partial charge is 0.272 e. The molecule has 0 unspecified atom stereocenters. The zero-order valence-corrected chi connectivity index (χ0v) is 18.6. The summed E-state index contributed by atoms with van der Waals surface area (Å²) < 4.78 is 12.4. The van der Waals surface area contributed by atoms with Crippen LogP contribution in [-0.2, 0) is 6.54 Å². The van der Waals surface area contributed by atoms with Crippen LogP contribution in [0.1, 0.15) is 16.2 Å². The molecule has 1 saturated heterocycles. The fraction of sp³-hybridized carbons (Fsp3) is 0.304. The fourth-order valence-electron chi connectivity index (χ4n) is 3.83. The number of carbonyl (C=O) groups excluding carboxylic acids is 1. The third-order valence-electron chi connectivity index (χ3n) is 5.54.